The van der Waals surface area contributed by atoms with Gasteiger partial charge < -0.3 is 4.90 Å². The summed E-state index contributed by atoms with van der Waals surface area (Å²) >= 11 is 1.37. The predicted molar refractivity (Wildman–Crippen MR) is 111 cm³/mol. The molecule has 3 aromatic rings. The van der Waals surface area contributed by atoms with Crippen molar-refractivity contribution in [2.75, 3.05) is 0 Å². The first-order chi connectivity index (χ1) is 13.9. The lowest BCUT2D eigenvalue weighted by Crippen LogP contribution is -2.49. The number of halogens is 1. The maximum atomic E-state index is 13.5. The van der Waals surface area contributed by atoms with E-state index >= 15 is 0 Å². The Kier molecular flexibility index (Phi) is 4.47. The minimum absolute atomic E-state index is 0.0605. The van der Waals surface area contributed by atoms with Crippen LogP contribution in [0.25, 0.3) is 10.1 Å². The fourth-order valence-electron chi connectivity index (χ4n) is 4.76. The number of amides is 1. The van der Waals surface area contributed by atoms with E-state index in [1.54, 1.807) is 42.5 Å². The van der Waals surface area contributed by atoms with Gasteiger partial charge in [0.25, 0.3) is 5.91 Å². The smallest absolute Gasteiger partial charge is 0.264 e. The fourth-order valence-corrected chi connectivity index (χ4v) is 7.62. The zero-order valence-electron chi connectivity index (χ0n) is 15.6. The predicted octanol–water partition coefficient (Wildman–Crippen LogP) is 4.65. The molecular formula is C22H20FNO3S2. The Balaban J connectivity index is 1.41. The van der Waals surface area contributed by atoms with Gasteiger partial charge in [-0.1, -0.05) is 18.2 Å². The third-order valence-corrected chi connectivity index (χ3v) is 9.42. The summed E-state index contributed by atoms with van der Waals surface area (Å²) in [6.45, 7) is 0. The van der Waals surface area contributed by atoms with Gasteiger partial charge in [0.15, 0.2) is 9.84 Å². The number of hydrogen-bond acceptors (Lipinski definition) is 4. The van der Waals surface area contributed by atoms with Gasteiger partial charge >= 0.3 is 0 Å². The Morgan fingerprint density at radius 1 is 1.00 bits per heavy atom. The van der Waals surface area contributed by atoms with Gasteiger partial charge in [-0.25, -0.2) is 12.8 Å². The quantitative estimate of drug-likeness (QED) is 0.609. The lowest BCUT2D eigenvalue weighted by Gasteiger charge is -2.38. The van der Waals surface area contributed by atoms with Crippen molar-refractivity contribution >= 4 is 37.2 Å². The molecule has 3 heterocycles. The summed E-state index contributed by atoms with van der Waals surface area (Å²) in [5.74, 6) is -0.379. The number of carbonyl (C=O) groups excluding carboxylic acids is 1. The van der Waals surface area contributed by atoms with Crippen LogP contribution in [0.2, 0.25) is 0 Å². The van der Waals surface area contributed by atoms with E-state index in [0.717, 1.165) is 22.9 Å². The van der Waals surface area contributed by atoms with E-state index in [-0.39, 0.29) is 23.8 Å². The highest BCUT2D eigenvalue weighted by molar-refractivity contribution is 7.92. The van der Waals surface area contributed by atoms with Gasteiger partial charge in [-0.2, -0.15) is 0 Å². The van der Waals surface area contributed by atoms with Crippen LogP contribution in [-0.4, -0.2) is 36.6 Å². The highest BCUT2D eigenvalue weighted by Crippen LogP contribution is 2.41. The van der Waals surface area contributed by atoms with Crippen LogP contribution < -0.4 is 0 Å². The highest BCUT2D eigenvalue weighted by Gasteiger charge is 2.47. The number of piperidine rings is 1. The van der Waals surface area contributed by atoms with Gasteiger partial charge in [-0.05, 0) is 67.5 Å². The average molecular weight is 430 g/mol. The first kappa shape index (κ1) is 18.8. The highest BCUT2D eigenvalue weighted by atomic mass is 32.2. The van der Waals surface area contributed by atoms with Crippen LogP contribution in [0.3, 0.4) is 0 Å². The van der Waals surface area contributed by atoms with E-state index in [1.165, 1.54) is 23.5 Å². The monoisotopic (exact) mass is 429 g/mol. The minimum Gasteiger partial charge on any atom is -0.332 e. The zero-order valence-corrected chi connectivity index (χ0v) is 17.3. The largest absolute Gasteiger partial charge is 0.332 e. The van der Waals surface area contributed by atoms with Crippen molar-refractivity contribution in [2.45, 2.75) is 47.9 Å². The molecule has 2 fully saturated rings. The average Bonchev–Trinajstić information content (AvgIpc) is 3.25. The van der Waals surface area contributed by atoms with Gasteiger partial charge in [-0.15, -0.1) is 11.3 Å². The molecule has 150 valence electrons. The van der Waals surface area contributed by atoms with Crippen molar-refractivity contribution in [3.8, 4) is 0 Å². The number of carbonyl (C=O) groups is 1. The van der Waals surface area contributed by atoms with Crippen LogP contribution in [0.1, 0.15) is 35.4 Å². The van der Waals surface area contributed by atoms with Crippen LogP contribution in [0.5, 0.6) is 0 Å². The molecule has 2 saturated heterocycles. The molecule has 2 aliphatic rings. The molecule has 4 nitrogen and oxygen atoms in total. The topological polar surface area (TPSA) is 54.5 Å². The lowest BCUT2D eigenvalue weighted by molar-refractivity contribution is 0.0603. The van der Waals surface area contributed by atoms with Crippen molar-refractivity contribution in [1.29, 1.82) is 0 Å². The Bertz CT molecular complexity index is 1180. The number of rotatable bonds is 3. The summed E-state index contributed by atoms with van der Waals surface area (Å²) in [5, 5.41) is 0.273. The molecule has 0 spiro atoms. The van der Waals surface area contributed by atoms with E-state index < -0.39 is 15.1 Å². The number of fused-ring (bicyclic) bond motifs is 3. The molecule has 0 radical (unpaired) electrons. The Hall–Kier alpha value is -2.25. The van der Waals surface area contributed by atoms with Gasteiger partial charge in [0.05, 0.1) is 15.0 Å². The SMILES string of the molecule is O=C(c1cc2cc(F)ccc2s1)N1[C@@H]2CC[C@@H]1CC(S(=O)(=O)c1ccccc1)C2. The summed E-state index contributed by atoms with van der Waals surface area (Å²) in [6.07, 6.45) is 2.60. The normalized spacial score (nSPS) is 24.2. The third kappa shape index (κ3) is 3.16. The van der Waals surface area contributed by atoms with E-state index in [1.807, 2.05) is 4.90 Å². The third-order valence-electron chi connectivity index (χ3n) is 6.12. The first-order valence-corrected chi connectivity index (χ1v) is 12.1. The molecule has 0 saturated carbocycles. The van der Waals surface area contributed by atoms with Crippen LogP contribution in [0.15, 0.2) is 59.5 Å². The number of nitrogens with zero attached hydrogens (tertiary/aromatic N) is 1. The van der Waals surface area contributed by atoms with Crippen LogP contribution >= 0.6 is 11.3 Å². The molecule has 0 aliphatic carbocycles. The standard InChI is InChI=1S/C22H20FNO3S2/c23-15-6-9-20-14(10-15)11-21(28-20)22(25)24-16-7-8-17(24)13-19(12-16)29(26,27)18-4-2-1-3-5-18/h1-6,9-11,16-17,19H,7-8,12-13H2/t16-,17-/m1/s1. The van der Waals surface area contributed by atoms with Crippen molar-refractivity contribution in [1.82, 2.24) is 4.90 Å². The van der Waals surface area contributed by atoms with Crippen molar-refractivity contribution in [3.63, 3.8) is 0 Å². The molecule has 0 unspecified atom stereocenters. The van der Waals surface area contributed by atoms with Gasteiger partial charge in [-0.3, -0.25) is 4.79 Å². The van der Waals surface area contributed by atoms with Gasteiger partial charge in [0.1, 0.15) is 5.82 Å². The maximum Gasteiger partial charge on any atom is 0.264 e. The number of benzene rings is 2. The van der Waals surface area contributed by atoms with E-state index in [2.05, 4.69) is 0 Å². The summed E-state index contributed by atoms with van der Waals surface area (Å²) in [5.41, 5.74) is 0. The van der Waals surface area contributed by atoms with Crippen LogP contribution in [0, 0.1) is 5.82 Å². The van der Waals surface area contributed by atoms with Crippen molar-refractivity contribution in [3.05, 3.63) is 65.3 Å². The minimum atomic E-state index is -3.40. The molecule has 1 aromatic heterocycles. The van der Waals surface area contributed by atoms with Gasteiger partial charge in [0, 0.05) is 16.8 Å². The Morgan fingerprint density at radius 2 is 1.69 bits per heavy atom. The van der Waals surface area contributed by atoms with Gasteiger partial charge in [0.2, 0.25) is 0 Å². The molecule has 2 aromatic carbocycles. The summed E-state index contributed by atoms with van der Waals surface area (Å²) in [4.78, 5) is 16.1. The zero-order chi connectivity index (χ0) is 20.2. The Labute approximate surface area is 172 Å². The first-order valence-electron chi connectivity index (χ1n) is 9.74. The van der Waals surface area contributed by atoms with Crippen molar-refractivity contribution < 1.29 is 17.6 Å². The van der Waals surface area contributed by atoms with Crippen LogP contribution in [0.4, 0.5) is 4.39 Å². The summed E-state index contributed by atoms with van der Waals surface area (Å²) in [7, 11) is -3.40. The number of sulfone groups is 1. The molecule has 29 heavy (non-hydrogen) atoms. The van der Waals surface area contributed by atoms with Crippen LogP contribution in [-0.2, 0) is 9.84 Å². The second-order valence-electron chi connectivity index (χ2n) is 7.84. The molecule has 2 atom stereocenters. The summed E-state index contributed by atoms with van der Waals surface area (Å²) in [6, 6.07) is 14.7. The number of thiophene rings is 1. The Morgan fingerprint density at radius 3 is 2.38 bits per heavy atom. The lowest BCUT2D eigenvalue weighted by atomic mass is 10.0. The second kappa shape index (κ2) is 6.92. The number of hydrogen-bond donors (Lipinski definition) is 0. The molecule has 5 rings (SSSR count). The molecule has 7 heteroatoms. The van der Waals surface area contributed by atoms with E-state index in [4.69, 9.17) is 0 Å². The maximum absolute atomic E-state index is 13.5. The fraction of sp³-hybridized carbons (Fsp3) is 0.318. The summed E-state index contributed by atoms with van der Waals surface area (Å²) < 4.78 is 40.5. The molecule has 1 amide bonds. The van der Waals surface area contributed by atoms with E-state index in [0.29, 0.717) is 22.6 Å². The van der Waals surface area contributed by atoms with E-state index in [9.17, 15) is 17.6 Å². The molecule has 2 aliphatic heterocycles. The van der Waals surface area contributed by atoms with Crippen molar-refractivity contribution in [2.24, 2.45) is 0 Å². The molecule has 0 N–H and O–H groups in total. The molecule has 2 bridgehead atoms. The molecular weight excluding hydrogens is 409 g/mol. The second-order valence-corrected chi connectivity index (χ2v) is 11.2.